The molecule has 122 valence electrons. The number of carbonyl (C=O) groups excluding carboxylic acids is 1. The van der Waals surface area contributed by atoms with Gasteiger partial charge in [0, 0.05) is 27.4 Å². The topological polar surface area (TPSA) is 83.8 Å². The minimum Gasteiger partial charge on any atom is -0.326 e. The van der Waals surface area contributed by atoms with Crippen LogP contribution in [-0.4, -0.2) is 16.1 Å². The third-order valence-electron chi connectivity index (χ3n) is 3.47. The molecule has 0 atom stereocenters. The van der Waals surface area contributed by atoms with E-state index in [1.165, 1.54) is 0 Å². The van der Waals surface area contributed by atoms with Gasteiger partial charge < -0.3 is 5.32 Å². The highest BCUT2D eigenvalue weighted by Gasteiger charge is 2.10. The number of H-pyrrole nitrogens is 1. The fourth-order valence-corrected chi connectivity index (χ4v) is 2.93. The highest BCUT2D eigenvalue weighted by molar-refractivity contribution is 7.97. The third-order valence-corrected chi connectivity index (χ3v) is 4.34. The molecule has 24 heavy (non-hydrogen) atoms. The molecule has 0 fully saturated rings. The molecule has 0 aliphatic heterocycles. The monoisotopic (exact) mass is 358 g/mol. The van der Waals surface area contributed by atoms with Crippen LogP contribution in [0.4, 0.5) is 5.69 Å². The minimum atomic E-state index is -0.139. The van der Waals surface area contributed by atoms with Crippen LogP contribution in [0.5, 0.6) is 0 Å². The Morgan fingerprint density at radius 2 is 2.08 bits per heavy atom. The molecule has 0 saturated carbocycles. The van der Waals surface area contributed by atoms with Gasteiger partial charge in [0.2, 0.25) is 5.91 Å². The molecule has 0 spiro atoms. The van der Waals surface area contributed by atoms with Crippen molar-refractivity contribution < 1.29 is 4.79 Å². The Balaban J connectivity index is 1.80. The average Bonchev–Trinajstić information content (AvgIpc) is 3.11. The maximum absolute atomic E-state index is 12.3. The second-order valence-electron chi connectivity index (χ2n) is 5.17. The van der Waals surface area contributed by atoms with Crippen LogP contribution < -0.4 is 10.5 Å². The molecule has 0 unspecified atom stereocenters. The van der Waals surface area contributed by atoms with Gasteiger partial charge in [-0.1, -0.05) is 29.8 Å². The summed E-state index contributed by atoms with van der Waals surface area (Å²) in [5.41, 5.74) is 3.31. The summed E-state index contributed by atoms with van der Waals surface area (Å²) in [7, 11) is 0. The molecule has 1 aromatic heterocycles. The fourth-order valence-electron chi connectivity index (χ4n) is 2.33. The van der Waals surface area contributed by atoms with E-state index in [1.807, 2.05) is 36.4 Å². The van der Waals surface area contributed by atoms with Crippen LogP contribution in [0.15, 0.2) is 59.8 Å². The lowest BCUT2D eigenvalue weighted by molar-refractivity contribution is -0.115. The van der Waals surface area contributed by atoms with Crippen LogP contribution in [0.25, 0.3) is 11.1 Å². The van der Waals surface area contributed by atoms with Gasteiger partial charge in [-0.2, -0.15) is 5.10 Å². The molecule has 7 heteroatoms. The zero-order valence-corrected chi connectivity index (χ0v) is 14.2. The quantitative estimate of drug-likeness (QED) is 0.604. The number of anilines is 1. The van der Waals surface area contributed by atoms with Crippen molar-refractivity contribution >= 4 is 35.1 Å². The Hall–Kier alpha value is -2.28. The van der Waals surface area contributed by atoms with Crippen molar-refractivity contribution in [1.82, 2.24) is 10.2 Å². The van der Waals surface area contributed by atoms with Gasteiger partial charge in [0.15, 0.2) is 0 Å². The molecule has 0 aliphatic rings. The predicted molar refractivity (Wildman–Crippen MR) is 97.9 cm³/mol. The van der Waals surface area contributed by atoms with Crippen molar-refractivity contribution in [1.29, 1.82) is 0 Å². The number of carbonyl (C=O) groups is 1. The number of aromatic nitrogens is 2. The van der Waals surface area contributed by atoms with Crippen LogP contribution in [0.2, 0.25) is 5.02 Å². The Kier molecular flexibility index (Phi) is 5.20. The summed E-state index contributed by atoms with van der Waals surface area (Å²) >= 11 is 7.23. The maximum Gasteiger partial charge on any atom is 0.228 e. The van der Waals surface area contributed by atoms with E-state index in [4.69, 9.17) is 16.7 Å². The smallest absolute Gasteiger partial charge is 0.228 e. The van der Waals surface area contributed by atoms with Gasteiger partial charge in [0.25, 0.3) is 0 Å². The van der Waals surface area contributed by atoms with Gasteiger partial charge in [0.1, 0.15) is 0 Å². The largest absolute Gasteiger partial charge is 0.326 e. The van der Waals surface area contributed by atoms with E-state index in [-0.39, 0.29) is 12.3 Å². The fraction of sp³-hybridized carbons (Fsp3) is 0.0588. The van der Waals surface area contributed by atoms with Gasteiger partial charge in [0.05, 0.1) is 12.6 Å². The molecule has 3 aromatic rings. The molecule has 3 rings (SSSR count). The highest BCUT2D eigenvalue weighted by atomic mass is 35.5. The second-order valence-corrected chi connectivity index (χ2v) is 6.28. The molecule has 0 saturated heterocycles. The van der Waals surface area contributed by atoms with E-state index in [0.29, 0.717) is 10.7 Å². The standard InChI is InChI=1S/C17H15ClN4OS/c18-16-4-2-1-3-11(16)7-17(23)22-14-5-12(6-15(8-14)24-19)13-9-20-21-10-13/h1-6,8-10H,7,19H2,(H,20,21)(H,22,23). The third kappa shape index (κ3) is 3.97. The first-order valence-corrected chi connectivity index (χ1v) is 8.45. The summed E-state index contributed by atoms with van der Waals surface area (Å²) in [4.78, 5) is 13.2. The number of aromatic amines is 1. The molecule has 1 amide bonds. The summed E-state index contributed by atoms with van der Waals surface area (Å²) < 4.78 is 0. The van der Waals surface area contributed by atoms with Gasteiger partial charge in [-0.25, -0.2) is 0 Å². The van der Waals surface area contributed by atoms with Crippen molar-refractivity contribution in [2.45, 2.75) is 11.3 Å². The van der Waals surface area contributed by atoms with Crippen LogP contribution in [0.1, 0.15) is 5.56 Å². The van der Waals surface area contributed by atoms with E-state index in [0.717, 1.165) is 33.5 Å². The van der Waals surface area contributed by atoms with Crippen LogP contribution >= 0.6 is 23.5 Å². The molecular formula is C17H15ClN4OS. The summed E-state index contributed by atoms with van der Waals surface area (Å²) in [6.45, 7) is 0. The summed E-state index contributed by atoms with van der Waals surface area (Å²) in [6.07, 6.45) is 3.71. The Bertz CT molecular complexity index is 852. The van der Waals surface area contributed by atoms with Crippen LogP contribution in [0, 0.1) is 0 Å². The Morgan fingerprint density at radius 1 is 1.25 bits per heavy atom. The lowest BCUT2D eigenvalue weighted by atomic mass is 10.1. The first-order chi connectivity index (χ1) is 11.7. The van der Waals surface area contributed by atoms with Crippen molar-refractivity contribution in [2.75, 3.05) is 5.32 Å². The molecule has 0 aliphatic carbocycles. The van der Waals surface area contributed by atoms with Gasteiger partial charge >= 0.3 is 0 Å². The van der Waals surface area contributed by atoms with Gasteiger partial charge in [-0.3, -0.25) is 15.0 Å². The first-order valence-electron chi connectivity index (χ1n) is 7.20. The second kappa shape index (κ2) is 7.53. The molecule has 5 nitrogen and oxygen atoms in total. The number of hydrogen-bond donors (Lipinski definition) is 3. The van der Waals surface area contributed by atoms with Crippen LogP contribution in [0.3, 0.4) is 0 Å². The lowest BCUT2D eigenvalue weighted by Gasteiger charge is -2.10. The Morgan fingerprint density at radius 3 is 2.79 bits per heavy atom. The number of nitrogens with zero attached hydrogens (tertiary/aromatic N) is 1. The number of nitrogens with two attached hydrogens (primary N) is 1. The SMILES string of the molecule is NSc1cc(NC(=O)Cc2ccccc2Cl)cc(-c2cn[nH]c2)c1. The molecule has 1 heterocycles. The number of nitrogens with one attached hydrogen (secondary N) is 2. The first kappa shape index (κ1) is 16.6. The van der Waals surface area contributed by atoms with Gasteiger partial charge in [-0.15, -0.1) is 0 Å². The number of hydrogen-bond acceptors (Lipinski definition) is 4. The molecule has 0 radical (unpaired) electrons. The predicted octanol–water partition coefficient (Wildman–Crippen LogP) is 3.88. The van der Waals surface area contributed by atoms with E-state index >= 15 is 0 Å². The number of benzene rings is 2. The Labute approximate surface area is 148 Å². The number of amides is 1. The summed E-state index contributed by atoms with van der Waals surface area (Å²) in [5.74, 6) is -0.139. The zero-order valence-electron chi connectivity index (χ0n) is 12.6. The summed E-state index contributed by atoms with van der Waals surface area (Å²) in [6, 6.07) is 13.0. The van der Waals surface area contributed by atoms with Crippen molar-refractivity contribution in [3.8, 4) is 11.1 Å². The molecule has 4 N–H and O–H groups in total. The van der Waals surface area contributed by atoms with E-state index in [9.17, 15) is 4.79 Å². The van der Waals surface area contributed by atoms with Gasteiger partial charge in [-0.05, 0) is 47.3 Å². The summed E-state index contributed by atoms with van der Waals surface area (Å²) in [5, 5.41) is 15.9. The van der Waals surface area contributed by atoms with E-state index in [2.05, 4.69) is 15.5 Å². The van der Waals surface area contributed by atoms with Crippen molar-refractivity contribution in [3.63, 3.8) is 0 Å². The lowest BCUT2D eigenvalue weighted by Crippen LogP contribution is -2.14. The minimum absolute atomic E-state index is 0.139. The van der Waals surface area contributed by atoms with Crippen LogP contribution in [-0.2, 0) is 11.2 Å². The molecule has 2 aromatic carbocycles. The molecular weight excluding hydrogens is 344 g/mol. The maximum atomic E-state index is 12.3. The number of halogens is 1. The normalized spacial score (nSPS) is 10.6. The number of rotatable bonds is 5. The zero-order chi connectivity index (χ0) is 16.9. The molecule has 0 bridgehead atoms. The van der Waals surface area contributed by atoms with E-state index < -0.39 is 0 Å². The highest BCUT2D eigenvalue weighted by Crippen LogP contribution is 2.27. The average molecular weight is 359 g/mol. The van der Waals surface area contributed by atoms with E-state index in [1.54, 1.807) is 18.5 Å². The van der Waals surface area contributed by atoms with Crippen molar-refractivity contribution in [3.05, 3.63) is 65.4 Å². The van der Waals surface area contributed by atoms with Crippen molar-refractivity contribution in [2.24, 2.45) is 5.14 Å².